The van der Waals surface area contributed by atoms with Gasteiger partial charge < -0.3 is 5.73 Å². The largest absolute Gasteiger partial charge is 0.382 e. The van der Waals surface area contributed by atoms with Gasteiger partial charge in [0, 0.05) is 5.25 Å². The number of hydrogen-bond donors (Lipinski definition) is 1. The first-order valence-electron chi connectivity index (χ1n) is 4.81. The Hall–Kier alpha value is -1.28. The second-order valence-corrected chi connectivity index (χ2v) is 4.89. The molecule has 4 nitrogen and oxygen atoms in total. The third-order valence-electron chi connectivity index (χ3n) is 1.78. The van der Waals surface area contributed by atoms with Crippen molar-refractivity contribution in [2.24, 2.45) is 0 Å². The van der Waals surface area contributed by atoms with E-state index in [1.807, 2.05) is 13.0 Å². The molecule has 0 aliphatic rings. The molecule has 1 rings (SSSR count). The van der Waals surface area contributed by atoms with Gasteiger partial charge in [0.1, 0.15) is 17.5 Å². The summed E-state index contributed by atoms with van der Waals surface area (Å²) in [6, 6.07) is 2.04. The third-order valence-corrected chi connectivity index (χ3v) is 2.64. The van der Waals surface area contributed by atoms with E-state index < -0.39 is 0 Å². The van der Waals surface area contributed by atoms with Gasteiger partial charge in [0.05, 0.1) is 5.69 Å². The van der Waals surface area contributed by atoms with Crippen molar-refractivity contribution < 1.29 is 0 Å². The summed E-state index contributed by atoms with van der Waals surface area (Å²) in [6.45, 7) is 6.08. The summed E-state index contributed by atoms with van der Waals surface area (Å²) in [4.78, 5) is 8.41. The minimum absolute atomic E-state index is 0.285. The summed E-state index contributed by atoms with van der Waals surface area (Å²) in [5.41, 5.74) is 6.83. The fraction of sp³-hybridized carbons (Fsp3) is 0.500. The lowest BCUT2D eigenvalue weighted by Crippen LogP contribution is -2.05. The fourth-order valence-electron chi connectivity index (χ4n) is 1.14. The second-order valence-electron chi connectivity index (χ2n) is 3.35. The SMILES string of the molecule is CCc1nc(SC(C)C)nc(N)c1C#N. The van der Waals surface area contributed by atoms with E-state index in [9.17, 15) is 0 Å². The number of nitrogens with two attached hydrogens (primary N) is 1. The molecule has 0 amide bonds. The summed E-state index contributed by atoms with van der Waals surface area (Å²) in [5.74, 6) is 0.285. The predicted octanol–water partition coefficient (Wildman–Crippen LogP) is 1.99. The van der Waals surface area contributed by atoms with E-state index in [2.05, 4.69) is 23.8 Å². The molecule has 0 unspecified atom stereocenters. The molecule has 0 aliphatic heterocycles. The van der Waals surface area contributed by atoms with Crippen molar-refractivity contribution in [2.45, 2.75) is 37.6 Å². The van der Waals surface area contributed by atoms with Crippen LogP contribution < -0.4 is 5.73 Å². The van der Waals surface area contributed by atoms with Crippen LogP contribution >= 0.6 is 11.8 Å². The lowest BCUT2D eigenvalue weighted by Gasteiger charge is -2.07. The molecule has 15 heavy (non-hydrogen) atoms. The first-order chi connectivity index (χ1) is 7.08. The molecule has 2 N–H and O–H groups in total. The quantitative estimate of drug-likeness (QED) is 0.625. The average molecular weight is 222 g/mol. The number of nitriles is 1. The van der Waals surface area contributed by atoms with E-state index in [4.69, 9.17) is 11.0 Å². The Bertz CT molecular complexity index is 395. The van der Waals surface area contributed by atoms with Gasteiger partial charge in [0.15, 0.2) is 5.16 Å². The van der Waals surface area contributed by atoms with Crippen LogP contribution in [0.25, 0.3) is 0 Å². The minimum atomic E-state index is 0.285. The highest BCUT2D eigenvalue weighted by molar-refractivity contribution is 7.99. The number of anilines is 1. The number of rotatable bonds is 3. The number of hydrogen-bond acceptors (Lipinski definition) is 5. The summed E-state index contributed by atoms with van der Waals surface area (Å²) in [5, 5.41) is 9.94. The summed E-state index contributed by atoms with van der Waals surface area (Å²) in [7, 11) is 0. The molecule has 0 bridgehead atoms. The Morgan fingerprint density at radius 2 is 2.13 bits per heavy atom. The Kier molecular flexibility index (Phi) is 3.92. The molecule has 80 valence electrons. The first kappa shape index (κ1) is 11.8. The maximum absolute atomic E-state index is 8.89. The lowest BCUT2D eigenvalue weighted by molar-refractivity contribution is 0.883. The van der Waals surface area contributed by atoms with Gasteiger partial charge in [-0.05, 0) is 6.42 Å². The van der Waals surface area contributed by atoms with E-state index in [0.29, 0.717) is 22.4 Å². The van der Waals surface area contributed by atoms with Crippen molar-refractivity contribution >= 4 is 17.6 Å². The first-order valence-corrected chi connectivity index (χ1v) is 5.69. The normalized spacial score (nSPS) is 10.3. The van der Waals surface area contributed by atoms with E-state index in [1.165, 1.54) is 0 Å². The van der Waals surface area contributed by atoms with Crippen molar-refractivity contribution in [3.05, 3.63) is 11.3 Å². The van der Waals surface area contributed by atoms with Gasteiger partial charge in [0.2, 0.25) is 0 Å². The maximum atomic E-state index is 8.89. The van der Waals surface area contributed by atoms with Crippen LogP contribution in [-0.2, 0) is 6.42 Å². The van der Waals surface area contributed by atoms with Crippen LogP contribution in [0.5, 0.6) is 0 Å². The number of nitrogen functional groups attached to an aromatic ring is 1. The monoisotopic (exact) mass is 222 g/mol. The highest BCUT2D eigenvalue weighted by Gasteiger charge is 2.11. The van der Waals surface area contributed by atoms with Crippen molar-refractivity contribution in [3.8, 4) is 6.07 Å². The van der Waals surface area contributed by atoms with Gasteiger partial charge in [-0.1, -0.05) is 32.5 Å². The number of nitrogens with zero attached hydrogens (tertiary/aromatic N) is 3. The van der Waals surface area contributed by atoms with E-state index in [1.54, 1.807) is 11.8 Å². The van der Waals surface area contributed by atoms with E-state index >= 15 is 0 Å². The van der Waals surface area contributed by atoms with Gasteiger partial charge in [-0.3, -0.25) is 0 Å². The van der Waals surface area contributed by atoms with E-state index in [-0.39, 0.29) is 5.82 Å². The van der Waals surface area contributed by atoms with Crippen LogP contribution in [0.15, 0.2) is 5.16 Å². The molecule has 0 radical (unpaired) electrons. The van der Waals surface area contributed by atoms with E-state index in [0.717, 1.165) is 5.69 Å². The minimum Gasteiger partial charge on any atom is -0.382 e. The molecule has 0 atom stereocenters. The van der Waals surface area contributed by atoms with Crippen molar-refractivity contribution in [1.82, 2.24) is 9.97 Å². The van der Waals surface area contributed by atoms with Gasteiger partial charge in [0.25, 0.3) is 0 Å². The van der Waals surface area contributed by atoms with Crippen LogP contribution in [0, 0.1) is 11.3 Å². The Labute approximate surface area is 93.9 Å². The number of aromatic nitrogens is 2. The molecular weight excluding hydrogens is 208 g/mol. The van der Waals surface area contributed by atoms with Crippen molar-refractivity contribution in [3.63, 3.8) is 0 Å². The summed E-state index contributed by atoms with van der Waals surface area (Å²) < 4.78 is 0. The molecule has 0 saturated carbocycles. The Balaban J connectivity index is 3.15. The summed E-state index contributed by atoms with van der Waals surface area (Å²) in [6.07, 6.45) is 0.696. The maximum Gasteiger partial charge on any atom is 0.190 e. The molecule has 1 heterocycles. The van der Waals surface area contributed by atoms with Crippen LogP contribution in [0.1, 0.15) is 32.0 Å². The van der Waals surface area contributed by atoms with Crippen LogP contribution in [0.3, 0.4) is 0 Å². The third kappa shape index (κ3) is 2.83. The van der Waals surface area contributed by atoms with Gasteiger partial charge >= 0.3 is 0 Å². The van der Waals surface area contributed by atoms with Crippen LogP contribution in [-0.4, -0.2) is 15.2 Å². The molecule has 0 saturated heterocycles. The smallest absolute Gasteiger partial charge is 0.190 e. The topological polar surface area (TPSA) is 75.6 Å². The zero-order valence-corrected chi connectivity index (χ0v) is 9.93. The highest BCUT2D eigenvalue weighted by atomic mass is 32.2. The Morgan fingerprint density at radius 1 is 1.47 bits per heavy atom. The predicted molar refractivity (Wildman–Crippen MR) is 61.5 cm³/mol. The summed E-state index contributed by atoms with van der Waals surface area (Å²) >= 11 is 1.55. The molecule has 0 spiro atoms. The van der Waals surface area contributed by atoms with Crippen molar-refractivity contribution in [2.75, 3.05) is 5.73 Å². The number of aryl methyl sites for hydroxylation is 1. The van der Waals surface area contributed by atoms with Crippen LogP contribution in [0.2, 0.25) is 0 Å². The molecule has 1 aromatic heterocycles. The second kappa shape index (κ2) is 4.99. The molecule has 0 aliphatic carbocycles. The highest BCUT2D eigenvalue weighted by Crippen LogP contribution is 2.22. The molecule has 1 aromatic rings. The molecule has 5 heteroatoms. The Morgan fingerprint density at radius 3 is 2.60 bits per heavy atom. The van der Waals surface area contributed by atoms with Gasteiger partial charge in [-0.15, -0.1) is 0 Å². The van der Waals surface area contributed by atoms with Crippen molar-refractivity contribution in [1.29, 1.82) is 5.26 Å². The van der Waals surface area contributed by atoms with Gasteiger partial charge in [-0.2, -0.15) is 5.26 Å². The fourth-order valence-corrected chi connectivity index (χ4v) is 1.88. The average Bonchev–Trinajstić information content (AvgIpc) is 2.15. The van der Waals surface area contributed by atoms with Crippen LogP contribution in [0.4, 0.5) is 5.82 Å². The lowest BCUT2D eigenvalue weighted by atomic mass is 10.2. The number of thioether (sulfide) groups is 1. The van der Waals surface area contributed by atoms with Gasteiger partial charge in [-0.25, -0.2) is 9.97 Å². The zero-order valence-electron chi connectivity index (χ0n) is 9.11. The molecule has 0 fully saturated rings. The molecular formula is C10H14N4S. The standard InChI is InChI=1S/C10H14N4S/c1-4-8-7(5-11)9(12)14-10(13-8)15-6(2)3/h6H,4H2,1-3H3,(H2,12,13,14). The zero-order chi connectivity index (χ0) is 11.4. The molecule has 0 aromatic carbocycles.